The fourth-order valence-corrected chi connectivity index (χ4v) is 4.75. The van der Waals surface area contributed by atoms with Crippen molar-refractivity contribution in [3.05, 3.63) is 62.2 Å². The van der Waals surface area contributed by atoms with E-state index in [9.17, 15) is 24.5 Å². The van der Waals surface area contributed by atoms with Gasteiger partial charge in [-0.25, -0.2) is 9.59 Å². The Morgan fingerprint density at radius 3 is 2.63 bits per heavy atom. The zero-order chi connectivity index (χ0) is 25.8. The van der Waals surface area contributed by atoms with Crippen LogP contribution < -0.4 is 5.32 Å². The number of β-lactam (4-membered cyclic amide) rings is 1. The topological polar surface area (TPSA) is 128 Å². The summed E-state index contributed by atoms with van der Waals surface area (Å²) < 4.78 is 10.7. The van der Waals surface area contributed by atoms with E-state index in [2.05, 4.69) is 21.2 Å². The number of carbonyl (C=O) groups is 3. The van der Waals surface area contributed by atoms with E-state index in [1.54, 1.807) is 26.8 Å². The van der Waals surface area contributed by atoms with Crippen molar-refractivity contribution in [2.45, 2.75) is 45.4 Å². The van der Waals surface area contributed by atoms with Crippen molar-refractivity contribution in [3.8, 4) is 0 Å². The number of nitrogens with zero attached hydrogens (tertiary/aromatic N) is 2. The summed E-state index contributed by atoms with van der Waals surface area (Å²) in [5.74, 6) is -0.393. The quantitative estimate of drug-likeness (QED) is 0.0852. The minimum absolute atomic E-state index is 0.0570. The predicted octanol–water partition coefficient (Wildman–Crippen LogP) is 4.04. The second-order valence-corrected chi connectivity index (χ2v) is 10.2. The Morgan fingerprint density at radius 1 is 1.34 bits per heavy atom. The molecule has 1 unspecified atom stereocenters. The maximum atomic E-state index is 13.0. The number of alkyl carbamates (subject to hydrolysis) is 1. The second kappa shape index (κ2) is 11.3. The summed E-state index contributed by atoms with van der Waals surface area (Å²) in [6.07, 6.45) is 1.72. The number of hydrogen-bond acceptors (Lipinski definition) is 8. The summed E-state index contributed by atoms with van der Waals surface area (Å²) in [5.41, 5.74) is 0.757. The van der Waals surface area contributed by atoms with E-state index in [4.69, 9.17) is 9.47 Å². The first-order valence-corrected chi connectivity index (χ1v) is 13.0. The average Bonchev–Trinajstić information content (AvgIpc) is 3.15. The Labute approximate surface area is 215 Å². The zero-order valence-electron chi connectivity index (χ0n) is 19.5. The highest BCUT2D eigenvalue weighted by Gasteiger charge is 2.51. The van der Waals surface area contributed by atoms with Gasteiger partial charge in [-0.1, -0.05) is 22.0 Å². The molecular formula is C23H26BrN3O7S. The molecule has 1 N–H and O–H groups in total. The molecule has 1 atom stereocenters. The molecule has 2 amide bonds. The van der Waals surface area contributed by atoms with Crippen molar-refractivity contribution in [1.29, 1.82) is 0 Å². The van der Waals surface area contributed by atoms with Crippen LogP contribution in [0.3, 0.4) is 0 Å². The Balaban J connectivity index is 1.63. The Kier molecular flexibility index (Phi) is 8.60. The Hall–Kier alpha value is -2.86. The van der Waals surface area contributed by atoms with Gasteiger partial charge in [0.1, 0.15) is 17.9 Å². The molecule has 2 heterocycles. The first-order chi connectivity index (χ1) is 16.6. The van der Waals surface area contributed by atoms with Crippen molar-refractivity contribution in [2.24, 2.45) is 0 Å². The lowest BCUT2D eigenvalue weighted by Crippen LogP contribution is -2.52. The molecule has 10 nitrogen and oxygen atoms in total. The van der Waals surface area contributed by atoms with Crippen LogP contribution in [-0.4, -0.2) is 57.1 Å². The van der Waals surface area contributed by atoms with E-state index in [0.29, 0.717) is 40.1 Å². The number of nitro groups is 1. The Morgan fingerprint density at radius 2 is 2.03 bits per heavy atom. The van der Waals surface area contributed by atoms with Gasteiger partial charge in [-0.15, -0.1) is 11.8 Å². The summed E-state index contributed by atoms with van der Waals surface area (Å²) in [5, 5.41) is 14.0. The summed E-state index contributed by atoms with van der Waals surface area (Å²) in [6, 6.07) is 5.50. The number of amides is 2. The Bertz CT molecular complexity index is 1090. The van der Waals surface area contributed by atoms with Gasteiger partial charge in [0, 0.05) is 46.7 Å². The number of rotatable bonds is 10. The molecule has 35 heavy (non-hydrogen) atoms. The second-order valence-electron chi connectivity index (χ2n) is 8.47. The molecule has 3 rings (SSSR count). The van der Waals surface area contributed by atoms with Crippen LogP contribution in [0.15, 0.2) is 46.5 Å². The van der Waals surface area contributed by atoms with Gasteiger partial charge in [-0.3, -0.25) is 19.8 Å². The number of nitro benzene ring substituents is 1. The molecule has 0 aromatic heterocycles. The number of nitrogens with one attached hydrogen (secondary N) is 1. The van der Waals surface area contributed by atoms with E-state index in [0.717, 1.165) is 0 Å². The number of thioether (sulfide) groups is 1. The van der Waals surface area contributed by atoms with Gasteiger partial charge in [0.2, 0.25) is 0 Å². The minimum Gasteiger partial charge on any atom is -0.456 e. The number of esters is 1. The zero-order valence-corrected chi connectivity index (χ0v) is 21.9. The van der Waals surface area contributed by atoms with Crippen LogP contribution in [0, 0.1) is 10.1 Å². The van der Waals surface area contributed by atoms with Gasteiger partial charge in [0.25, 0.3) is 11.6 Å². The fraction of sp³-hybridized carbons (Fsp3) is 0.435. The average molecular weight is 568 g/mol. The molecule has 0 aliphatic carbocycles. The standard InChI is InChI=1S/C23H26BrN3O7S/c1-4-16-17-11-18(35-10-9-25-22(30)34-23(2,3)13-24)19(26(17)20(16)28)21(29)33-12-14-5-7-15(8-6-14)27(31)32/h4-8,17H,9-13H2,1-3H3,(H,25,30). The summed E-state index contributed by atoms with van der Waals surface area (Å²) in [4.78, 5) is 49.9. The van der Waals surface area contributed by atoms with Crippen LogP contribution in [0.1, 0.15) is 32.8 Å². The van der Waals surface area contributed by atoms with Gasteiger partial charge in [-0.05, 0) is 38.5 Å². The smallest absolute Gasteiger partial charge is 0.407 e. The first-order valence-electron chi connectivity index (χ1n) is 10.9. The fourth-order valence-electron chi connectivity index (χ4n) is 3.59. The van der Waals surface area contributed by atoms with Gasteiger partial charge >= 0.3 is 12.1 Å². The maximum absolute atomic E-state index is 13.0. The van der Waals surface area contributed by atoms with E-state index >= 15 is 0 Å². The SMILES string of the molecule is CC=C1C(=O)N2C(C(=O)OCc3ccc([N+](=O)[O-])cc3)=C(SCCNC(=O)OC(C)(C)CBr)CC12. The van der Waals surface area contributed by atoms with Gasteiger partial charge < -0.3 is 14.8 Å². The largest absolute Gasteiger partial charge is 0.456 e. The molecule has 0 bridgehead atoms. The first kappa shape index (κ1) is 26.7. The van der Waals surface area contributed by atoms with Gasteiger partial charge in [0.05, 0.1) is 11.0 Å². The van der Waals surface area contributed by atoms with Crippen LogP contribution in [-0.2, 0) is 25.7 Å². The number of alkyl halides is 1. The number of fused-ring (bicyclic) bond motifs is 1. The number of ether oxygens (including phenoxy) is 2. The van der Waals surface area contributed by atoms with E-state index in [1.807, 2.05) is 0 Å². The molecule has 0 spiro atoms. The number of non-ortho nitro benzene ring substituents is 1. The molecule has 2 aliphatic heterocycles. The maximum Gasteiger partial charge on any atom is 0.407 e. The highest BCUT2D eigenvalue weighted by atomic mass is 79.9. The third kappa shape index (κ3) is 6.23. The number of benzene rings is 1. The molecule has 1 aromatic carbocycles. The van der Waals surface area contributed by atoms with Gasteiger partial charge in [0.15, 0.2) is 0 Å². The lowest BCUT2D eigenvalue weighted by atomic mass is 9.94. The summed E-state index contributed by atoms with van der Waals surface area (Å²) >= 11 is 4.67. The summed E-state index contributed by atoms with van der Waals surface area (Å²) in [6.45, 7) is 5.58. The van der Waals surface area contributed by atoms with Crippen LogP contribution in [0.25, 0.3) is 0 Å². The molecule has 2 aliphatic rings. The van der Waals surface area contributed by atoms with Crippen LogP contribution in [0.2, 0.25) is 0 Å². The van der Waals surface area contributed by atoms with Crippen molar-refractivity contribution < 1.29 is 28.8 Å². The molecule has 0 saturated carbocycles. The monoisotopic (exact) mass is 567 g/mol. The number of allylic oxidation sites excluding steroid dienone is 1. The molecule has 1 aromatic rings. The molecule has 188 valence electrons. The molecule has 1 saturated heterocycles. The van der Waals surface area contributed by atoms with E-state index in [1.165, 1.54) is 40.9 Å². The molecule has 1 fully saturated rings. The third-order valence-corrected chi connectivity index (χ3v) is 7.85. The number of hydrogen-bond donors (Lipinski definition) is 1. The lowest BCUT2D eigenvalue weighted by Gasteiger charge is -2.38. The molecule has 12 heteroatoms. The van der Waals surface area contributed by atoms with E-state index < -0.39 is 22.6 Å². The number of halogens is 1. The normalized spacial score (nSPS) is 18.3. The highest BCUT2D eigenvalue weighted by Crippen LogP contribution is 2.46. The van der Waals surface area contributed by atoms with Crippen LogP contribution in [0.5, 0.6) is 0 Å². The van der Waals surface area contributed by atoms with Crippen molar-refractivity contribution in [1.82, 2.24) is 10.2 Å². The van der Waals surface area contributed by atoms with Gasteiger partial charge in [-0.2, -0.15) is 0 Å². The van der Waals surface area contributed by atoms with Crippen molar-refractivity contribution in [3.63, 3.8) is 0 Å². The number of carbonyl (C=O) groups excluding carboxylic acids is 3. The molecule has 0 radical (unpaired) electrons. The minimum atomic E-state index is -0.637. The molecular weight excluding hydrogens is 542 g/mol. The van der Waals surface area contributed by atoms with Crippen molar-refractivity contribution >= 4 is 51.3 Å². The van der Waals surface area contributed by atoms with E-state index in [-0.39, 0.29) is 29.9 Å². The van der Waals surface area contributed by atoms with Crippen molar-refractivity contribution in [2.75, 3.05) is 17.6 Å². The third-order valence-electron chi connectivity index (χ3n) is 5.38. The lowest BCUT2D eigenvalue weighted by molar-refractivity contribution is -0.384. The predicted molar refractivity (Wildman–Crippen MR) is 134 cm³/mol. The summed E-state index contributed by atoms with van der Waals surface area (Å²) in [7, 11) is 0. The van der Waals surface area contributed by atoms with Crippen LogP contribution in [0.4, 0.5) is 10.5 Å². The van der Waals surface area contributed by atoms with Crippen LogP contribution >= 0.6 is 27.7 Å². The highest BCUT2D eigenvalue weighted by molar-refractivity contribution is 9.09.